The van der Waals surface area contributed by atoms with Crippen LogP contribution >= 0.6 is 23.2 Å². The van der Waals surface area contributed by atoms with Crippen LogP contribution in [0, 0.1) is 17.0 Å². The van der Waals surface area contributed by atoms with Crippen molar-refractivity contribution in [3.8, 4) is 16.9 Å². The summed E-state index contributed by atoms with van der Waals surface area (Å²) < 4.78 is 20.8. The lowest BCUT2D eigenvalue weighted by atomic mass is 10.0. The van der Waals surface area contributed by atoms with Gasteiger partial charge in [-0.1, -0.05) is 53.0 Å². The van der Waals surface area contributed by atoms with Gasteiger partial charge in [-0.3, -0.25) is 4.79 Å². The number of hydrogen-bond acceptors (Lipinski definition) is 8. The van der Waals surface area contributed by atoms with E-state index >= 15 is 0 Å². The van der Waals surface area contributed by atoms with Crippen LogP contribution < -0.4 is 4.74 Å². The minimum Gasteiger partial charge on any atom is -0.490 e. The summed E-state index contributed by atoms with van der Waals surface area (Å²) in [4.78, 5) is 30.4. The summed E-state index contributed by atoms with van der Waals surface area (Å²) in [6.45, 7) is 2.69. The van der Waals surface area contributed by atoms with E-state index < -0.39 is 22.9 Å². The summed E-state index contributed by atoms with van der Waals surface area (Å²) in [5.41, 5.74) is 3.22. The highest BCUT2D eigenvalue weighted by Gasteiger charge is 2.45. The third kappa shape index (κ3) is 6.10. The topological polar surface area (TPSA) is 115 Å². The highest BCUT2D eigenvalue weighted by molar-refractivity contribution is 6.35. The second-order valence-corrected chi connectivity index (χ2v) is 10.00. The van der Waals surface area contributed by atoms with Crippen molar-refractivity contribution >= 4 is 29.2 Å². The number of benzene rings is 3. The summed E-state index contributed by atoms with van der Waals surface area (Å²) in [5.74, 6) is -1.64. The maximum atomic E-state index is 11.8. The first-order valence-electron chi connectivity index (χ1n) is 12.2. The molecule has 0 saturated carbocycles. The van der Waals surface area contributed by atoms with Crippen molar-refractivity contribution in [3.05, 3.63) is 116 Å². The lowest BCUT2D eigenvalue weighted by Gasteiger charge is -2.30. The lowest BCUT2D eigenvalue weighted by Crippen LogP contribution is -2.34. The van der Waals surface area contributed by atoms with Gasteiger partial charge in [-0.15, -0.1) is 10.1 Å². The Hall–Kier alpha value is -3.96. The average molecular weight is 584 g/mol. The van der Waals surface area contributed by atoms with E-state index in [4.69, 9.17) is 37.4 Å². The molecule has 1 aromatic heterocycles. The molecular weight excluding hydrogens is 561 g/mol. The molecule has 12 heteroatoms. The zero-order valence-corrected chi connectivity index (χ0v) is 22.7. The van der Waals surface area contributed by atoms with Crippen LogP contribution in [-0.4, -0.2) is 39.9 Å². The molecule has 1 aliphatic rings. The van der Waals surface area contributed by atoms with E-state index in [0.29, 0.717) is 27.9 Å². The first-order valence-corrected chi connectivity index (χ1v) is 12.9. The molecule has 0 radical (unpaired) electrons. The number of aryl methyl sites for hydroxylation is 1. The van der Waals surface area contributed by atoms with Crippen LogP contribution in [0.4, 0.5) is 0 Å². The molecule has 2 atom stereocenters. The predicted molar refractivity (Wildman–Crippen MR) is 146 cm³/mol. The number of nitrogens with zero attached hydrogens (tertiary/aromatic N) is 3. The average Bonchev–Trinajstić information content (AvgIpc) is 3.58. The van der Waals surface area contributed by atoms with Gasteiger partial charge in [0.15, 0.2) is 0 Å². The van der Waals surface area contributed by atoms with Crippen LogP contribution in [-0.2, 0) is 26.6 Å². The monoisotopic (exact) mass is 583 g/mol. The Balaban J connectivity index is 1.34. The van der Waals surface area contributed by atoms with Crippen LogP contribution in [0.3, 0.4) is 0 Å². The van der Waals surface area contributed by atoms with E-state index in [1.54, 1.807) is 42.9 Å². The van der Waals surface area contributed by atoms with Crippen LogP contribution in [0.25, 0.3) is 11.1 Å². The molecule has 0 aliphatic carbocycles. The van der Waals surface area contributed by atoms with Crippen molar-refractivity contribution in [2.75, 3.05) is 13.2 Å². The normalized spacial score (nSPS) is 18.4. The van der Waals surface area contributed by atoms with Gasteiger partial charge < -0.3 is 18.8 Å². The highest BCUT2D eigenvalue weighted by Crippen LogP contribution is 2.41. The fraction of sp³-hybridized carbons (Fsp3) is 0.214. The Morgan fingerprint density at radius 2 is 1.98 bits per heavy atom. The van der Waals surface area contributed by atoms with Crippen molar-refractivity contribution < 1.29 is 28.9 Å². The van der Waals surface area contributed by atoms with Crippen LogP contribution in [0.2, 0.25) is 10.0 Å². The molecule has 1 saturated heterocycles. The third-order valence-corrected chi connectivity index (χ3v) is 6.85. The van der Waals surface area contributed by atoms with Gasteiger partial charge in [0.2, 0.25) is 5.79 Å². The number of imidazole rings is 1. The summed E-state index contributed by atoms with van der Waals surface area (Å²) >= 11 is 12.7. The second kappa shape index (κ2) is 11.6. The van der Waals surface area contributed by atoms with Gasteiger partial charge >= 0.3 is 11.1 Å². The molecule has 1 fully saturated rings. The Labute approximate surface area is 239 Å². The highest BCUT2D eigenvalue weighted by atomic mass is 35.5. The molecule has 0 amide bonds. The molecule has 0 N–H and O–H groups in total. The molecule has 206 valence electrons. The maximum Gasteiger partial charge on any atom is 0.334 e. The van der Waals surface area contributed by atoms with Gasteiger partial charge in [-0.25, -0.2) is 9.82 Å². The minimum absolute atomic E-state index is 0.0576. The smallest absolute Gasteiger partial charge is 0.334 e. The number of ether oxygens (including phenoxy) is 3. The first kappa shape index (κ1) is 27.6. The van der Waals surface area contributed by atoms with Gasteiger partial charge in [0.05, 0.1) is 24.5 Å². The van der Waals surface area contributed by atoms with E-state index in [0.717, 1.165) is 16.7 Å². The summed E-state index contributed by atoms with van der Waals surface area (Å²) in [6, 6.07) is 17.1. The van der Waals surface area contributed by atoms with Crippen molar-refractivity contribution in [2.24, 2.45) is 0 Å². The molecule has 10 nitrogen and oxygen atoms in total. The number of hydrogen-bond donors (Lipinski definition) is 0. The quantitative estimate of drug-likeness (QED) is 0.178. The predicted octanol–water partition coefficient (Wildman–Crippen LogP) is 5.86. The molecule has 3 aromatic carbocycles. The summed E-state index contributed by atoms with van der Waals surface area (Å²) in [5, 5.41) is 10.3. The SMILES string of the molecule is Cc1ccc(OCC2COC(Cn3ccnc3)(c3ccc(Cl)cc3Cl)O2)c(-c2ccc(C(=O)O[N+](=O)[O-])cc2)c1. The van der Waals surface area contributed by atoms with Crippen LogP contribution in [0.15, 0.2) is 79.4 Å². The van der Waals surface area contributed by atoms with E-state index in [2.05, 4.69) is 9.82 Å². The van der Waals surface area contributed by atoms with Gasteiger partial charge in [0.25, 0.3) is 0 Å². The van der Waals surface area contributed by atoms with Crippen LogP contribution in [0.5, 0.6) is 5.75 Å². The molecule has 5 rings (SSSR count). The fourth-order valence-corrected chi connectivity index (χ4v) is 5.01. The molecule has 2 unspecified atom stereocenters. The number of halogens is 2. The second-order valence-electron chi connectivity index (χ2n) is 9.15. The number of carbonyl (C=O) groups is 1. The molecule has 0 bridgehead atoms. The van der Waals surface area contributed by atoms with E-state index in [9.17, 15) is 14.9 Å². The van der Waals surface area contributed by atoms with Gasteiger partial charge in [-0.2, -0.15) is 0 Å². The molecule has 0 spiro atoms. The first-order chi connectivity index (χ1) is 19.2. The lowest BCUT2D eigenvalue weighted by molar-refractivity contribution is -0.727. The van der Waals surface area contributed by atoms with Crippen molar-refractivity contribution in [3.63, 3.8) is 0 Å². The number of carbonyl (C=O) groups excluding carboxylic acids is 1. The Morgan fingerprint density at radius 1 is 1.18 bits per heavy atom. The van der Waals surface area contributed by atoms with Crippen molar-refractivity contribution in [1.82, 2.24) is 9.55 Å². The van der Waals surface area contributed by atoms with Crippen molar-refractivity contribution in [2.45, 2.75) is 25.4 Å². The number of rotatable bonds is 9. The Kier molecular flexibility index (Phi) is 8.04. The van der Waals surface area contributed by atoms with Crippen LogP contribution in [0.1, 0.15) is 21.5 Å². The molecule has 1 aliphatic heterocycles. The van der Waals surface area contributed by atoms with Crippen molar-refractivity contribution in [1.29, 1.82) is 0 Å². The zero-order valence-electron chi connectivity index (χ0n) is 21.2. The van der Waals surface area contributed by atoms with E-state index in [-0.39, 0.29) is 18.8 Å². The molecule has 40 heavy (non-hydrogen) atoms. The maximum absolute atomic E-state index is 11.8. The minimum atomic E-state index is -1.18. The third-order valence-electron chi connectivity index (χ3n) is 6.30. The largest absolute Gasteiger partial charge is 0.490 e. The van der Waals surface area contributed by atoms with E-state index in [1.165, 1.54) is 12.1 Å². The molecule has 4 aromatic rings. The van der Waals surface area contributed by atoms with Gasteiger partial charge in [0, 0.05) is 34.1 Å². The Bertz CT molecular complexity index is 1530. The summed E-state index contributed by atoms with van der Waals surface area (Å²) in [6.07, 6.45) is 4.72. The van der Waals surface area contributed by atoms with Gasteiger partial charge in [-0.05, 0) is 48.9 Å². The molecular formula is C28H23Cl2N3O7. The summed E-state index contributed by atoms with van der Waals surface area (Å²) in [7, 11) is 0. The number of aromatic nitrogens is 2. The van der Waals surface area contributed by atoms with E-state index in [1.807, 2.05) is 35.9 Å². The fourth-order valence-electron chi connectivity index (χ4n) is 4.46. The standard InChI is InChI=1S/C28H23Cl2N3O7/c1-18-2-9-26(23(12-18)19-3-5-20(6-4-19)27(34)40-33(35)36)37-14-22-15-38-28(39-22,16-32-11-10-31-17-32)24-8-7-21(29)13-25(24)30/h2-13,17,22H,14-16H2,1H3. The zero-order chi connectivity index (χ0) is 28.3. The Morgan fingerprint density at radius 3 is 2.67 bits per heavy atom. The molecule has 2 heterocycles. The van der Waals surface area contributed by atoms with Gasteiger partial charge in [0.1, 0.15) is 18.5 Å².